The fourth-order valence-electron chi connectivity index (χ4n) is 1.51. The maximum absolute atomic E-state index is 8.66. The van der Waals surface area contributed by atoms with Gasteiger partial charge in [-0.2, -0.15) is 0 Å². The van der Waals surface area contributed by atoms with Crippen LogP contribution in [0.25, 0.3) is 0 Å². The molecule has 0 atom stereocenters. The lowest BCUT2D eigenvalue weighted by Gasteiger charge is -2.25. The lowest BCUT2D eigenvalue weighted by molar-refractivity contribution is 0.284. The number of hydrogen-bond acceptors (Lipinski definition) is 3. The molecule has 0 aliphatic heterocycles. The molecule has 0 aliphatic carbocycles. The Labute approximate surface area is 91.5 Å². The highest BCUT2D eigenvalue weighted by molar-refractivity contribution is 5.20. The summed E-state index contributed by atoms with van der Waals surface area (Å²) in [6.07, 6.45) is 4.46. The second kappa shape index (κ2) is 5.83. The van der Waals surface area contributed by atoms with Crippen LogP contribution in [0.1, 0.15) is 25.8 Å². The van der Waals surface area contributed by atoms with Gasteiger partial charge in [-0.15, -0.1) is 0 Å². The summed E-state index contributed by atoms with van der Waals surface area (Å²) in [6, 6.07) is 4.10. The first kappa shape index (κ1) is 12.1. The number of hydrogen-bond donors (Lipinski definition) is 2. The van der Waals surface area contributed by atoms with Crippen molar-refractivity contribution in [3.63, 3.8) is 0 Å². The summed E-state index contributed by atoms with van der Waals surface area (Å²) in [5.41, 5.74) is 1.40. The van der Waals surface area contributed by atoms with E-state index in [-0.39, 0.29) is 12.0 Å². The normalized spacial score (nSPS) is 11.7. The van der Waals surface area contributed by atoms with E-state index in [1.165, 1.54) is 5.56 Å². The Kier molecular flexibility index (Phi) is 4.72. The van der Waals surface area contributed by atoms with Crippen molar-refractivity contribution in [1.29, 1.82) is 0 Å². The number of aromatic nitrogens is 1. The van der Waals surface area contributed by atoms with Crippen LogP contribution < -0.4 is 5.32 Å². The quantitative estimate of drug-likeness (QED) is 0.693. The zero-order valence-corrected chi connectivity index (χ0v) is 9.53. The fraction of sp³-hybridized carbons (Fsp3) is 0.583. The molecule has 3 nitrogen and oxygen atoms in total. The Morgan fingerprint density at radius 1 is 1.33 bits per heavy atom. The van der Waals surface area contributed by atoms with E-state index < -0.39 is 0 Å². The number of nitrogens with zero attached hydrogens (tertiary/aromatic N) is 1. The zero-order valence-electron chi connectivity index (χ0n) is 9.53. The molecule has 2 N–H and O–H groups in total. The average Bonchev–Trinajstić information content (AvgIpc) is 2.26. The molecule has 0 unspecified atom stereocenters. The van der Waals surface area contributed by atoms with Gasteiger partial charge in [0.2, 0.25) is 0 Å². The van der Waals surface area contributed by atoms with Gasteiger partial charge in [-0.3, -0.25) is 4.98 Å². The third-order valence-corrected chi connectivity index (χ3v) is 2.54. The maximum atomic E-state index is 8.66. The fourth-order valence-corrected chi connectivity index (χ4v) is 1.51. The van der Waals surface area contributed by atoms with Gasteiger partial charge < -0.3 is 10.4 Å². The molecule has 0 aliphatic rings. The molecule has 0 aromatic carbocycles. The molecule has 0 spiro atoms. The van der Waals surface area contributed by atoms with E-state index in [0.717, 1.165) is 19.5 Å². The van der Waals surface area contributed by atoms with Crippen LogP contribution >= 0.6 is 0 Å². The Morgan fingerprint density at radius 3 is 2.60 bits per heavy atom. The molecule has 1 rings (SSSR count). The van der Waals surface area contributed by atoms with Crippen LogP contribution in [0, 0.1) is 0 Å². The molecule has 3 heteroatoms. The first-order chi connectivity index (χ1) is 7.17. The maximum Gasteiger partial charge on any atom is 0.0443 e. The Bertz CT molecular complexity index is 272. The summed E-state index contributed by atoms with van der Waals surface area (Å²) >= 11 is 0. The lowest BCUT2D eigenvalue weighted by atomic mass is 9.85. The van der Waals surface area contributed by atoms with Crippen LogP contribution in [0.4, 0.5) is 0 Å². The van der Waals surface area contributed by atoms with E-state index in [0.29, 0.717) is 0 Å². The number of pyridine rings is 1. The van der Waals surface area contributed by atoms with Crippen molar-refractivity contribution in [1.82, 2.24) is 10.3 Å². The van der Waals surface area contributed by atoms with Gasteiger partial charge in [-0.25, -0.2) is 0 Å². The van der Waals surface area contributed by atoms with Gasteiger partial charge in [-0.1, -0.05) is 13.8 Å². The molecule has 0 bridgehead atoms. The van der Waals surface area contributed by atoms with Crippen molar-refractivity contribution in [2.24, 2.45) is 0 Å². The zero-order chi connectivity index (χ0) is 11.1. The van der Waals surface area contributed by atoms with E-state index in [4.69, 9.17) is 5.11 Å². The van der Waals surface area contributed by atoms with Crippen LogP contribution in [0.5, 0.6) is 0 Å². The van der Waals surface area contributed by atoms with Crippen LogP contribution in [0.3, 0.4) is 0 Å². The lowest BCUT2D eigenvalue weighted by Crippen LogP contribution is -2.33. The van der Waals surface area contributed by atoms with E-state index in [9.17, 15) is 0 Å². The largest absolute Gasteiger partial charge is 0.396 e. The Morgan fingerprint density at radius 2 is 2.00 bits per heavy atom. The minimum atomic E-state index is 0.110. The van der Waals surface area contributed by atoms with Gasteiger partial charge >= 0.3 is 0 Å². The van der Waals surface area contributed by atoms with E-state index in [2.05, 4.69) is 24.1 Å². The highest BCUT2D eigenvalue weighted by Gasteiger charge is 2.19. The molecule has 1 heterocycles. The van der Waals surface area contributed by atoms with Crippen LogP contribution in [-0.2, 0) is 5.41 Å². The molecule has 0 fully saturated rings. The smallest absolute Gasteiger partial charge is 0.0443 e. The molecule has 0 saturated carbocycles. The summed E-state index contributed by atoms with van der Waals surface area (Å²) in [6.45, 7) is 6.44. The van der Waals surface area contributed by atoms with Gasteiger partial charge in [0.1, 0.15) is 0 Å². The monoisotopic (exact) mass is 208 g/mol. The van der Waals surface area contributed by atoms with Crippen LogP contribution in [0.15, 0.2) is 24.5 Å². The van der Waals surface area contributed by atoms with Crippen molar-refractivity contribution >= 4 is 0 Å². The summed E-state index contributed by atoms with van der Waals surface area (Å²) in [7, 11) is 0. The van der Waals surface area contributed by atoms with Crippen LogP contribution in [-0.4, -0.2) is 29.8 Å². The first-order valence-corrected chi connectivity index (χ1v) is 5.39. The van der Waals surface area contributed by atoms with Gasteiger partial charge in [0.15, 0.2) is 0 Å². The van der Waals surface area contributed by atoms with E-state index in [1.807, 2.05) is 24.5 Å². The highest BCUT2D eigenvalue weighted by atomic mass is 16.3. The summed E-state index contributed by atoms with van der Waals surface area (Å²) in [5.74, 6) is 0. The molecule has 0 saturated heterocycles. The average molecular weight is 208 g/mol. The SMILES string of the molecule is CC(C)(CNCCCO)c1ccncc1. The molecule has 0 amide bonds. The standard InChI is InChI=1S/C12H20N2O/c1-12(2,10-14-6-3-9-15)11-4-7-13-8-5-11/h4-5,7-8,14-15H,3,6,9-10H2,1-2H3. The van der Waals surface area contributed by atoms with Crippen molar-refractivity contribution in [3.05, 3.63) is 30.1 Å². The molecule has 1 aromatic heterocycles. The molecular formula is C12H20N2O. The topological polar surface area (TPSA) is 45.1 Å². The highest BCUT2D eigenvalue weighted by Crippen LogP contribution is 2.20. The molecule has 84 valence electrons. The first-order valence-electron chi connectivity index (χ1n) is 5.39. The number of rotatable bonds is 6. The Hall–Kier alpha value is -0.930. The van der Waals surface area contributed by atoms with Gasteiger partial charge in [-0.05, 0) is 30.7 Å². The Balaban J connectivity index is 2.45. The van der Waals surface area contributed by atoms with Crippen LogP contribution in [0.2, 0.25) is 0 Å². The molecule has 0 radical (unpaired) electrons. The molecule has 15 heavy (non-hydrogen) atoms. The van der Waals surface area contributed by atoms with E-state index in [1.54, 1.807) is 0 Å². The summed E-state index contributed by atoms with van der Waals surface area (Å²) in [5, 5.41) is 12.0. The third-order valence-electron chi connectivity index (χ3n) is 2.54. The van der Waals surface area contributed by atoms with E-state index >= 15 is 0 Å². The second-order valence-corrected chi connectivity index (χ2v) is 4.37. The minimum Gasteiger partial charge on any atom is -0.396 e. The van der Waals surface area contributed by atoms with Gasteiger partial charge in [0.05, 0.1) is 0 Å². The predicted molar refractivity (Wildman–Crippen MR) is 61.8 cm³/mol. The number of aliphatic hydroxyl groups is 1. The number of nitrogens with one attached hydrogen (secondary N) is 1. The predicted octanol–water partition coefficient (Wildman–Crippen LogP) is 1.33. The molecule has 1 aromatic rings. The van der Waals surface area contributed by atoms with Crippen molar-refractivity contribution in [2.45, 2.75) is 25.7 Å². The van der Waals surface area contributed by atoms with Crippen molar-refractivity contribution in [2.75, 3.05) is 19.7 Å². The van der Waals surface area contributed by atoms with Crippen molar-refractivity contribution < 1.29 is 5.11 Å². The van der Waals surface area contributed by atoms with Gasteiger partial charge in [0.25, 0.3) is 0 Å². The second-order valence-electron chi connectivity index (χ2n) is 4.37. The molecular weight excluding hydrogens is 188 g/mol. The summed E-state index contributed by atoms with van der Waals surface area (Å²) in [4.78, 5) is 4.02. The van der Waals surface area contributed by atoms with Gasteiger partial charge in [0, 0.05) is 31.0 Å². The third kappa shape index (κ3) is 3.98. The minimum absolute atomic E-state index is 0.110. The van der Waals surface area contributed by atoms with Crippen molar-refractivity contribution in [3.8, 4) is 0 Å². The summed E-state index contributed by atoms with van der Waals surface area (Å²) < 4.78 is 0. The number of aliphatic hydroxyl groups excluding tert-OH is 1.